The summed E-state index contributed by atoms with van der Waals surface area (Å²) in [6, 6.07) is 3.09. The Morgan fingerprint density at radius 3 is 2.54 bits per heavy atom. The van der Waals surface area contributed by atoms with Gasteiger partial charge in [-0.25, -0.2) is 9.59 Å². The van der Waals surface area contributed by atoms with Crippen LogP contribution in [0, 0.1) is 0 Å². The maximum Gasteiger partial charge on any atom is 0.343 e. The van der Waals surface area contributed by atoms with Crippen LogP contribution in [0.4, 0.5) is 0 Å². The largest absolute Gasteiger partial charge is 0.494 e. The average Bonchev–Trinajstić information content (AvgIpc) is 2.88. The monoisotopic (exact) mass is 334 g/mol. The summed E-state index contributed by atoms with van der Waals surface area (Å²) in [6.45, 7) is 0. The van der Waals surface area contributed by atoms with Crippen molar-refractivity contribution in [1.29, 1.82) is 0 Å². The molecule has 0 bridgehead atoms. The molecule has 0 saturated heterocycles. The molecule has 126 valence electrons. The van der Waals surface area contributed by atoms with Crippen molar-refractivity contribution in [3.8, 4) is 17.4 Å². The first-order chi connectivity index (χ1) is 11.4. The molecule has 0 radical (unpaired) electrons. The van der Waals surface area contributed by atoms with Gasteiger partial charge in [0.25, 0.3) is 5.56 Å². The highest BCUT2D eigenvalue weighted by Gasteiger charge is 2.39. The fourth-order valence-corrected chi connectivity index (χ4v) is 2.68. The quantitative estimate of drug-likeness (QED) is 0.761. The zero-order valence-corrected chi connectivity index (χ0v) is 13.1. The van der Waals surface area contributed by atoms with E-state index in [0.29, 0.717) is 11.3 Å². The third-order valence-corrected chi connectivity index (χ3v) is 3.88. The minimum absolute atomic E-state index is 0.106. The topological polar surface area (TPSA) is 120 Å². The van der Waals surface area contributed by atoms with Gasteiger partial charge in [-0.05, 0) is 6.07 Å². The third kappa shape index (κ3) is 2.05. The van der Waals surface area contributed by atoms with Gasteiger partial charge >= 0.3 is 11.7 Å². The first-order valence-electron chi connectivity index (χ1n) is 6.88. The van der Waals surface area contributed by atoms with Crippen molar-refractivity contribution in [3.63, 3.8) is 0 Å². The first-order valence-corrected chi connectivity index (χ1v) is 6.88. The van der Waals surface area contributed by atoms with E-state index in [0.717, 1.165) is 4.57 Å². The molecule has 1 aromatic heterocycles. The summed E-state index contributed by atoms with van der Waals surface area (Å²) in [6.07, 6.45) is -1.16. The van der Waals surface area contributed by atoms with Gasteiger partial charge in [-0.3, -0.25) is 14.3 Å². The molecule has 2 heterocycles. The van der Waals surface area contributed by atoms with Crippen LogP contribution in [0.5, 0.6) is 17.4 Å². The number of benzene rings is 1. The van der Waals surface area contributed by atoms with Gasteiger partial charge in [0.05, 0.1) is 14.2 Å². The lowest BCUT2D eigenvalue weighted by molar-refractivity contribution is 0.0446. The molecule has 9 nitrogen and oxygen atoms in total. The number of methoxy groups -OCH3 is 2. The lowest BCUT2D eigenvalue weighted by Gasteiger charge is -2.14. The number of aromatic hydroxyl groups is 1. The Hall–Kier alpha value is -3.23. The second-order valence-electron chi connectivity index (χ2n) is 5.11. The Kier molecular flexibility index (Phi) is 3.55. The SMILES string of the molecule is COc1ccc2c(c1OC)C(=O)OC2c1c(O)n(C)c(=O)[nH]c1=O. The number of carbonyl (C=O) groups is 1. The number of nitrogens with zero attached hydrogens (tertiary/aromatic N) is 1. The maximum absolute atomic E-state index is 12.3. The molecular formula is C15H14N2O7. The van der Waals surface area contributed by atoms with Gasteiger partial charge in [0.1, 0.15) is 11.1 Å². The molecule has 0 amide bonds. The van der Waals surface area contributed by atoms with Gasteiger partial charge in [0, 0.05) is 12.6 Å². The molecule has 1 unspecified atom stereocenters. The van der Waals surface area contributed by atoms with Crippen LogP contribution in [0.3, 0.4) is 0 Å². The van der Waals surface area contributed by atoms with Crippen LogP contribution in [0.1, 0.15) is 27.6 Å². The van der Waals surface area contributed by atoms with E-state index in [2.05, 4.69) is 4.98 Å². The number of ether oxygens (including phenoxy) is 3. The van der Waals surface area contributed by atoms with Crippen LogP contribution in [-0.2, 0) is 11.8 Å². The van der Waals surface area contributed by atoms with Gasteiger partial charge in [0.2, 0.25) is 5.88 Å². The van der Waals surface area contributed by atoms with Gasteiger partial charge in [0.15, 0.2) is 17.6 Å². The molecule has 1 aliphatic heterocycles. The number of hydrogen-bond acceptors (Lipinski definition) is 7. The van der Waals surface area contributed by atoms with E-state index in [9.17, 15) is 19.5 Å². The number of H-pyrrole nitrogens is 1. The van der Waals surface area contributed by atoms with Crippen molar-refractivity contribution in [3.05, 3.63) is 49.7 Å². The van der Waals surface area contributed by atoms with Crippen molar-refractivity contribution in [2.24, 2.45) is 7.05 Å². The molecule has 3 rings (SSSR count). The summed E-state index contributed by atoms with van der Waals surface area (Å²) in [4.78, 5) is 38.0. The summed E-state index contributed by atoms with van der Waals surface area (Å²) < 4.78 is 16.4. The van der Waals surface area contributed by atoms with E-state index >= 15 is 0 Å². The van der Waals surface area contributed by atoms with Crippen molar-refractivity contribution in [2.45, 2.75) is 6.10 Å². The predicted molar refractivity (Wildman–Crippen MR) is 80.8 cm³/mol. The van der Waals surface area contributed by atoms with Crippen LogP contribution < -0.4 is 20.7 Å². The molecule has 0 aliphatic carbocycles. The fraction of sp³-hybridized carbons (Fsp3) is 0.267. The number of rotatable bonds is 3. The second-order valence-corrected chi connectivity index (χ2v) is 5.11. The minimum Gasteiger partial charge on any atom is -0.494 e. The summed E-state index contributed by atoms with van der Waals surface area (Å²) in [5, 5.41) is 10.2. The second kappa shape index (κ2) is 5.44. The molecule has 1 atom stereocenters. The Balaban J connectivity index is 2.28. The number of esters is 1. The van der Waals surface area contributed by atoms with Crippen LogP contribution >= 0.6 is 0 Å². The number of hydrogen-bond donors (Lipinski definition) is 2. The van der Waals surface area contributed by atoms with E-state index in [4.69, 9.17) is 14.2 Å². The molecule has 2 aromatic rings. The summed E-state index contributed by atoms with van der Waals surface area (Å²) in [5.41, 5.74) is -1.42. The normalized spacial score (nSPS) is 15.8. The van der Waals surface area contributed by atoms with E-state index in [1.54, 1.807) is 6.07 Å². The molecule has 0 saturated carbocycles. The molecule has 0 spiro atoms. The first kappa shape index (κ1) is 15.7. The van der Waals surface area contributed by atoms with Crippen LogP contribution in [-0.4, -0.2) is 34.8 Å². The summed E-state index contributed by atoms with van der Waals surface area (Å²) in [7, 11) is 4.07. The zero-order chi connectivity index (χ0) is 17.6. The van der Waals surface area contributed by atoms with Crippen molar-refractivity contribution in [2.75, 3.05) is 14.2 Å². The minimum atomic E-state index is -1.16. The Bertz CT molecular complexity index is 958. The average molecular weight is 334 g/mol. The Morgan fingerprint density at radius 1 is 1.21 bits per heavy atom. The molecule has 1 aromatic carbocycles. The van der Waals surface area contributed by atoms with Gasteiger partial charge in [-0.1, -0.05) is 6.07 Å². The van der Waals surface area contributed by atoms with E-state index < -0.39 is 29.2 Å². The highest BCUT2D eigenvalue weighted by atomic mass is 16.6. The lowest BCUT2D eigenvalue weighted by Crippen LogP contribution is -2.32. The number of carbonyl (C=O) groups excluding carboxylic acids is 1. The zero-order valence-electron chi connectivity index (χ0n) is 13.1. The van der Waals surface area contributed by atoms with Gasteiger partial charge in [-0.15, -0.1) is 0 Å². The van der Waals surface area contributed by atoms with E-state index in [-0.39, 0.29) is 16.9 Å². The van der Waals surface area contributed by atoms with E-state index in [1.807, 2.05) is 0 Å². The smallest absolute Gasteiger partial charge is 0.343 e. The standard InChI is InChI=1S/C15H14N2O7/c1-17-13(19)9(12(18)16-15(17)21)10-6-4-5-7(22-2)11(23-3)8(6)14(20)24-10/h4-5,10,19H,1-3H3,(H,16,18,21). The van der Waals surface area contributed by atoms with Gasteiger partial charge < -0.3 is 19.3 Å². The fourth-order valence-electron chi connectivity index (χ4n) is 2.68. The van der Waals surface area contributed by atoms with Crippen molar-refractivity contribution >= 4 is 5.97 Å². The van der Waals surface area contributed by atoms with Crippen LogP contribution in [0.25, 0.3) is 0 Å². The number of aromatic nitrogens is 2. The maximum atomic E-state index is 12.3. The molecular weight excluding hydrogens is 320 g/mol. The Labute approximate surface area is 135 Å². The number of cyclic esters (lactones) is 1. The van der Waals surface area contributed by atoms with Crippen molar-refractivity contribution < 1.29 is 24.1 Å². The highest BCUT2D eigenvalue weighted by Crippen LogP contribution is 2.44. The van der Waals surface area contributed by atoms with Gasteiger partial charge in [-0.2, -0.15) is 0 Å². The Morgan fingerprint density at radius 2 is 1.92 bits per heavy atom. The molecule has 24 heavy (non-hydrogen) atoms. The molecule has 1 aliphatic rings. The number of fused-ring (bicyclic) bond motifs is 1. The van der Waals surface area contributed by atoms with Crippen LogP contribution in [0.2, 0.25) is 0 Å². The number of aromatic amines is 1. The molecule has 9 heteroatoms. The number of nitrogens with one attached hydrogen (secondary N) is 1. The molecule has 0 fully saturated rings. The van der Waals surface area contributed by atoms with E-state index in [1.165, 1.54) is 27.3 Å². The highest BCUT2D eigenvalue weighted by molar-refractivity contribution is 5.98. The lowest BCUT2D eigenvalue weighted by atomic mass is 9.99. The molecule has 2 N–H and O–H groups in total. The summed E-state index contributed by atoms with van der Waals surface area (Å²) >= 11 is 0. The predicted octanol–water partition coefficient (Wildman–Crippen LogP) is 0.0562. The van der Waals surface area contributed by atoms with Crippen LogP contribution in [0.15, 0.2) is 21.7 Å². The van der Waals surface area contributed by atoms with Crippen molar-refractivity contribution in [1.82, 2.24) is 9.55 Å². The summed E-state index contributed by atoms with van der Waals surface area (Å²) in [5.74, 6) is -0.807. The third-order valence-electron chi connectivity index (χ3n) is 3.88.